The van der Waals surface area contributed by atoms with Crippen LogP contribution in [-0.4, -0.2) is 27.1 Å². The number of pyridine rings is 1. The van der Waals surface area contributed by atoms with E-state index in [4.69, 9.17) is 4.74 Å². The smallest absolute Gasteiger partial charge is 0.290 e. The van der Waals surface area contributed by atoms with Crippen LogP contribution in [0.5, 0.6) is 5.75 Å². The Balaban J connectivity index is 1.94. The summed E-state index contributed by atoms with van der Waals surface area (Å²) in [4.78, 5) is 14.0. The average molecular weight is 286 g/mol. The summed E-state index contributed by atoms with van der Waals surface area (Å²) in [6, 6.07) is 11.2. The zero-order valence-corrected chi connectivity index (χ0v) is 12.5. The SMILES string of the molecule is COc1ccc(NC(=O)C[n+]2ccc(N(C)C)cc2)cc1. The van der Waals surface area contributed by atoms with Crippen LogP contribution in [0.4, 0.5) is 11.4 Å². The summed E-state index contributed by atoms with van der Waals surface area (Å²) >= 11 is 0. The number of methoxy groups -OCH3 is 1. The van der Waals surface area contributed by atoms with Crippen LogP contribution < -0.4 is 19.5 Å². The Kier molecular flexibility index (Phi) is 4.77. The zero-order valence-electron chi connectivity index (χ0n) is 12.5. The summed E-state index contributed by atoms with van der Waals surface area (Å²) in [6.45, 7) is 0.278. The molecule has 0 saturated carbocycles. The molecule has 0 aliphatic heterocycles. The van der Waals surface area contributed by atoms with Crippen molar-refractivity contribution in [3.05, 3.63) is 48.8 Å². The van der Waals surface area contributed by atoms with Crippen molar-refractivity contribution in [1.82, 2.24) is 0 Å². The molecule has 0 atom stereocenters. The predicted octanol–water partition coefficient (Wildman–Crippen LogP) is 1.69. The summed E-state index contributed by atoms with van der Waals surface area (Å²) < 4.78 is 6.92. The molecule has 2 aromatic rings. The van der Waals surface area contributed by atoms with E-state index in [1.54, 1.807) is 7.11 Å². The molecule has 1 aromatic carbocycles. The molecular weight excluding hydrogens is 266 g/mol. The van der Waals surface area contributed by atoms with Gasteiger partial charge in [-0.15, -0.1) is 0 Å². The van der Waals surface area contributed by atoms with Gasteiger partial charge in [-0.05, 0) is 24.3 Å². The Morgan fingerprint density at radius 2 is 1.76 bits per heavy atom. The molecule has 0 unspecified atom stereocenters. The van der Waals surface area contributed by atoms with Crippen molar-refractivity contribution in [2.45, 2.75) is 6.54 Å². The molecule has 0 aliphatic rings. The molecule has 1 aromatic heterocycles. The van der Waals surface area contributed by atoms with Gasteiger partial charge in [0.25, 0.3) is 5.91 Å². The Bertz CT molecular complexity index is 592. The van der Waals surface area contributed by atoms with Gasteiger partial charge in [0.1, 0.15) is 5.75 Å². The van der Waals surface area contributed by atoms with E-state index in [1.807, 2.05) is 72.4 Å². The van der Waals surface area contributed by atoms with Gasteiger partial charge < -0.3 is 15.0 Å². The fourth-order valence-electron chi connectivity index (χ4n) is 1.89. The number of nitrogens with zero attached hydrogens (tertiary/aromatic N) is 2. The second kappa shape index (κ2) is 6.74. The fraction of sp³-hybridized carbons (Fsp3) is 0.250. The minimum absolute atomic E-state index is 0.0669. The number of carbonyl (C=O) groups is 1. The maximum atomic E-state index is 12.0. The molecule has 1 N–H and O–H groups in total. The van der Waals surface area contributed by atoms with Crippen molar-refractivity contribution < 1.29 is 14.1 Å². The van der Waals surface area contributed by atoms with Gasteiger partial charge in [-0.2, -0.15) is 4.57 Å². The quantitative estimate of drug-likeness (QED) is 0.851. The number of aromatic nitrogens is 1. The fourth-order valence-corrected chi connectivity index (χ4v) is 1.89. The monoisotopic (exact) mass is 286 g/mol. The third kappa shape index (κ3) is 4.21. The van der Waals surface area contributed by atoms with E-state index in [1.165, 1.54) is 0 Å². The number of carbonyl (C=O) groups excluding carboxylic acids is 1. The lowest BCUT2D eigenvalue weighted by atomic mass is 10.3. The molecule has 1 amide bonds. The van der Waals surface area contributed by atoms with Crippen LogP contribution in [0.15, 0.2) is 48.8 Å². The van der Waals surface area contributed by atoms with Gasteiger partial charge in [0.2, 0.25) is 6.54 Å². The second-order valence-corrected chi connectivity index (χ2v) is 4.90. The molecule has 21 heavy (non-hydrogen) atoms. The summed E-state index contributed by atoms with van der Waals surface area (Å²) in [7, 11) is 5.58. The number of hydrogen-bond donors (Lipinski definition) is 1. The molecule has 5 heteroatoms. The van der Waals surface area contributed by atoms with Gasteiger partial charge in [-0.25, -0.2) is 0 Å². The highest BCUT2D eigenvalue weighted by molar-refractivity contribution is 5.89. The molecule has 0 fully saturated rings. The minimum atomic E-state index is -0.0669. The molecule has 110 valence electrons. The van der Waals surface area contributed by atoms with Crippen molar-refractivity contribution in [2.24, 2.45) is 0 Å². The molecule has 2 rings (SSSR count). The van der Waals surface area contributed by atoms with E-state index >= 15 is 0 Å². The van der Waals surface area contributed by atoms with E-state index in [0.29, 0.717) is 0 Å². The zero-order chi connectivity index (χ0) is 15.2. The maximum Gasteiger partial charge on any atom is 0.290 e. The van der Waals surface area contributed by atoms with Crippen LogP contribution >= 0.6 is 0 Å². The molecule has 1 heterocycles. The van der Waals surface area contributed by atoms with Gasteiger partial charge in [-0.3, -0.25) is 4.79 Å². The lowest BCUT2D eigenvalue weighted by molar-refractivity contribution is -0.684. The number of rotatable bonds is 5. The molecule has 0 bridgehead atoms. The Morgan fingerprint density at radius 3 is 2.29 bits per heavy atom. The molecule has 0 saturated heterocycles. The summed E-state index contributed by atoms with van der Waals surface area (Å²) in [5, 5.41) is 2.85. The molecule has 0 spiro atoms. The summed E-state index contributed by atoms with van der Waals surface area (Å²) in [5.74, 6) is 0.699. The van der Waals surface area contributed by atoms with Gasteiger partial charge in [0.15, 0.2) is 12.4 Å². The first-order valence-corrected chi connectivity index (χ1v) is 6.69. The number of nitrogens with one attached hydrogen (secondary N) is 1. The van der Waals surface area contributed by atoms with E-state index in [9.17, 15) is 4.79 Å². The lowest BCUT2D eigenvalue weighted by Gasteiger charge is -2.10. The van der Waals surface area contributed by atoms with Crippen molar-refractivity contribution in [3.8, 4) is 5.75 Å². The van der Waals surface area contributed by atoms with Gasteiger partial charge in [-0.1, -0.05) is 0 Å². The normalized spacial score (nSPS) is 10.0. The largest absolute Gasteiger partial charge is 0.497 e. The van der Waals surface area contributed by atoms with Crippen molar-refractivity contribution in [1.29, 1.82) is 0 Å². The minimum Gasteiger partial charge on any atom is -0.497 e. The van der Waals surface area contributed by atoms with Crippen LogP contribution in [-0.2, 0) is 11.3 Å². The summed E-state index contributed by atoms with van der Waals surface area (Å²) in [6.07, 6.45) is 3.78. The van der Waals surface area contributed by atoms with Crippen LogP contribution in [0, 0.1) is 0 Å². The van der Waals surface area contributed by atoms with Crippen LogP contribution in [0.2, 0.25) is 0 Å². The van der Waals surface area contributed by atoms with Crippen molar-refractivity contribution >= 4 is 17.3 Å². The second-order valence-electron chi connectivity index (χ2n) is 4.90. The summed E-state index contributed by atoms with van der Waals surface area (Å²) in [5.41, 5.74) is 1.85. The standard InChI is InChI=1S/C16H19N3O2/c1-18(2)14-8-10-19(11-9-14)12-16(20)17-13-4-6-15(21-3)7-5-13/h4-11H,12H2,1-3H3/p+1. The topological polar surface area (TPSA) is 45.5 Å². The van der Waals surface area contributed by atoms with Crippen molar-refractivity contribution in [2.75, 3.05) is 31.4 Å². The van der Waals surface area contributed by atoms with E-state index in [-0.39, 0.29) is 12.5 Å². The Labute approximate surface area is 124 Å². The van der Waals surface area contributed by atoms with Crippen LogP contribution in [0.1, 0.15) is 0 Å². The highest BCUT2D eigenvalue weighted by atomic mass is 16.5. The van der Waals surface area contributed by atoms with E-state index < -0.39 is 0 Å². The Morgan fingerprint density at radius 1 is 1.14 bits per heavy atom. The number of hydrogen-bond acceptors (Lipinski definition) is 3. The number of ether oxygens (including phenoxy) is 1. The predicted molar refractivity (Wildman–Crippen MR) is 82.6 cm³/mol. The first-order chi connectivity index (χ1) is 10.1. The van der Waals surface area contributed by atoms with Crippen LogP contribution in [0.25, 0.3) is 0 Å². The molecule has 0 aliphatic carbocycles. The van der Waals surface area contributed by atoms with Crippen molar-refractivity contribution in [3.63, 3.8) is 0 Å². The van der Waals surface area contributed by atoms with Crippen LogP contribution in [0.3, 0.4) is 0 Å². The maximum absolute atomic E-state index is 12.0. The average Bonchev–Trinajstić information content (AvgIpc) is 2.48. The number of amides is 1. The first kappa shape index (κ1) is 14.8. The van der Waals surface area contributed by atoms with Gasteiger partial charge >= 0.3 is 0 Å². The first-order valence-electron chi connectivity index (χ1n) is 6.69. The molecular formula is C16H20N3O2+. The molecule has 0 radical (unpaired) electrons. The number of anilines is 2. The molecule has 5 nitrogen and oxygen atoms in total. The highest BCUT2D eigenvalue weighted by Gasteiger charge is 2.10. The lowest BCUT2D eigenvalue weighted by Crippen LogP contribution is -2.39. The Hall–Kier alpha value is -2.56. The highest BCUT2D eigenvalue weighted by Crippen LogP contribution is 2.14. The third-order valence-electron chi connectivity index (χ3n) is 3.09. The van der Waals surface area contributed by atoms with E-state index in [2.05, 4.69) is 5.32 Å². The third-order valence-corrected chi connectivity index (χ3v) is 3.09. The van der Waals surface area contributed by atoms with Gasteiger partial charge in [0.05, 0.1) is 7.11 Å². The van der Waals surface area contributed by atoms with Gasteiger partial charge in [0, 0.05) is 37.6 Å². The number of benzene rings is 1. The van der Waals surface area contributed by atoms with E-state index in [0.717, 1.165) is 17.1 Å².